The van der Waals surface area contributed by atoms with Crippen LogP contribution in [0, 0.1) is 5.92 Å². The lowest BCUT2D eigenvalue weighted by molar-refractivity contribution is 0.706. The Kier molecular flexibility index (Phi) is 6.64. The molecule has 1 aliphatic rings. The molecule has 0 aromatic heterocycles. The maximum atomic E-state index is 4.46. The summed E-state index contributed by atoms with van der Waals surface area (Å²) in [7, 11) is 0. The molecule has 0 fully saturated rings. The van der Waals surface area contributed by atoms with Crippen LogP contribution in [-0.2, 0) is 12.8 Å². The molecule has 0 spiro atoms. The Bertz CT molecular complexity index is 564. The first-order valence-corrected chi connectivity index (χ1v) is 8.81. The van der Waals surface area contributed by atoms with Gasteiger partial charge >= 0.3 is 0 Å². The van der Waals surface area contributed by atoms with E-state index in [0.717, 1.165) is 18.7 Å². The van der Waals surface area contributed by atoms with Crippen LogP contribution in [0.4, 0.5) is 0 Å². The lowest BCUT2D eigenvalue weighted by Gasteiger charge is -2.21. The number of aryl methyl sites for hydroxylation is 1. The number of hydrogen-bond donors (Lipinski definition) is 1. The Morgan fingerprint density at radius 2 is 1.96 bits per heavy atom. The molecule has 1 unspecified atom stereocenters. The summed E-state index contributed by atoms with van der Waals surface area (Å²) in [6, 6.07) is 9.12. The molecule has 1 aromatic carbocycles. The number of benzene rings is 1. The van der Waals surface area contributed by atoms with Crippen molar-refractivity contribution in [2.24, 2.45) is 10.9 Å². The summed E-state index contributed by atoms with van der Waals surface area (Å²) in [5.41, 5.74) is 5.18. The van der Waals surface area contributed by atoms with Gasteiger partial charge in [0.2, 0.25) is 0 Å². The van der Waals surface area contributed by atoms with Crippen LogP contribution in [-0.4, -0.2) is 18.8 Å². The molecular formula is C21H30N2. The van der Waals surface area contributed by atoms with Crippen molar-refractivity contribution in [3.05, 3.63) is 59.3 Å². The lowest BCUT2D eigenvalue weighted by Crippen LogP contribution is -2.31. The number of aliphatic imine (C=N–C) groups is 1. The fraction of sp³-hybridized carbons (Fsp3) is 0.476. The predicted octanol–water partition coefficient (Wildman–Crippen LogP) is 4.71. The quantitative estimate of drug-likeness (QED) is 0.691. The highest BCUT2D eigenvalue weighted by atomic mass is 14.9. The molecule has 2 nitrogen and oxygen atoms in total. The zero-order chi connectivity index (χ0) is 16.7. The maximum absolute atomic E-state index is 4.46. The van der Waals surface area contributed by atoms with Gasteiger partial charge in [-0.3, -0.25) is 4.99 Å². The van der Waals surface area contributed by atoms with Crippen molar-refractivity contribution < 1.29 is 0 Å². The average Bonchev–Trinajstić information content (AvgIpc) is 2.54. The van der Waals surface area contributed by atoms with Crippen LogP contribution in [0.15, 0.2) is 53.2 Å². The minimum absolute atomic E-state index is 0.178. The third-order valence-electron chi connectivity index (χ3n) is 4.31. The standard InChI is InChI=1S/C21H30N2/c1-5-6-7-18-8-10-19(11-9-18)12-17(4)23-21-13-20(16(2)3)14-22-15-21/h8-11,13,15-16,21,23H,4-7,12,14H2,1-3H3. The highest BCUT2D eigenvalue weighted by molar-refractivity contribution is 5.69. The number of unbranched alkanes of at least 4 members (excludes halogenated alkanes) is 1. The second kappa shape index (κ2) is 8.71. The second-order valence-electron chi connectivity index (χ2n) is 6.76. The molecule has 23 heavy (non-hydrogen) atoms. The molecular weight excluding hydrogens is 280 g/mol. The Morgan fingerprint density at radius 3 is 2.61 bits per heavy atom. The zero-order valence-electron chi connectivity index (χ0n) is 14.8. The topological polar surface area (TPSA) is 24.4 Å². The van der Waals surface area contributed by atoms with Gasteiger partial charge in [-0.05, 0) is 35.5 Å². The van der Waals surface area contributed by atoms with E-state index in [9.17, 15) is 0 Å². The third kappa shape index (κ3) is 5.70. The minimum atomic E-state index is 0.178. The maximum Gasteiger partial charge on any atom is 0.0796 e. The highest BCUT2D eigenvalue weighted by Gasteiger charge is 2.12. The fourth-order valence-electron chi connectivity index (χ4n) is 2.79. The van der Waals surface area contributed by atoms with E-state index in [4.69, 9.17) is 0 Å². The molecule has 0 amide bonds. The van der Waals surface area contributed by atoms with E-state index in [2.05, 4.69) is 68.0 Å². The van der Waals surface area contributed by atoms with Crippen molar-refractivity contribution in [3.63, 3.8) is 0 Å². The first-order valence-electron chi connectivity index (χ1n) is 8.81. The molecule has 1 N–H and O–H groups in total. The SMILES string of the molecule is C=C(Cc1ccc(CCCC)cc1)NC1C=NCC(C(C)C)=C1. The number of allylic oxidation sites excluding steroid dienone is 1. The summed E-state index contributed by atoms with van der Waals surface area (Å²) in [4.78, 5) is 4.46. The molecule has 1 heterocycles. The van der Waals surface area contributed by atoms with Crippen LogP contribution in [0.5, 0.6) is 0 Å². The number of nitrogens with one attached hydrogen (secondary N) is 1. The molecule has 1 atom stereocenters. The number of dihydropyridines is 1. The van der Waals surface area contributed by atoms with E-state index in [1.165, 1.54) is 36.0 Å². The lowest BCUT2D eigenvalue weighted by atomic mass is 9.99. The summed E-state index contributed by atoms with van der Waals surface area (Å²) >= 11 is 0. The van der Waals surface area contributed by atoms with Crippen LogP contribution in [0.25, 0.3) is 0 Å². The van der Waals surface area contributed by atoms with E-state index < -0.39 is 0 Å². The Morgan fingerprint density at radius 1 is 1.26 bits per heavy atom. The second-order valence-corrected chi connectivity index (χ2v) is 6.76. The zero-order valence-corrected chi connectivity index (χ0v) is 14.8. The molecule has 0 bridgehead atoms. The largest absolute Gasteiger partial charge is 0.377 e. The molecule has 1 aromatic rings. The molecule has 0 saturated carbocycles. The van der Waals surface area contributed by atoms with Gasteiger partial charge in [0.15, 0.2) is 0 Å². The van der Waals surface area contributed by atoms with E-state index >= 15 is 0 Å². The molecule has 1 aliphatic heterocycles. The average molecular weight is 310 g/mol. The van der Waals surface area contributed by atoms with Gasteiger partial charge in [0.25, 0.3) is 0 Å². The molecule has 2 heteroatoms. The number of rotatable bonds is 8. The van der Waals surface area contributed by atoms with Gasteiger partial charge in [0, 0.05) is 18.3 Å². The van der Waals surface area contributed by atoms with Gasteiger partial charge in [-0.15, -0.1) is 0 Å². The van der Waals surface area contributed by atoms with Gasteiger partial charge < -0.3 is 5.32 Å². The van der Waals surface area contributed by atoms with Crippen molar-refractivity contribution >= 4 is 6.21 Å². The Balaban J connectivity index is 1.87. The summed E-state index contributed by atoms with van der Waals surface area (Å²) in [5.74, 6) is 0.556. The van der Waals surface area contributed by atoms with E-state index in [-0.39, 0.29) is 6.04 Å². The van der Waals surface area contributed by atoms with Gasteiger partial charge in [0.1, 0.15) is 0 Å². The van der Waals surface area contributed by atoms with Gasteiger partial charge in [-0.2, -0.15) is 0 Å². The van der Waals surface area contributed by atoms with Crippen LogP contribution in [0.3, 0.4) is 0 Å². The van der Waals surface area contributed by atoms with Crippen LogP contribution in [0.2, 0.25) is 0 Å². The van der Waals surface area contributed by atoms with Crippen LogP contribution >= 0.6 is 0 Å². The molecule has 2 rings (SSSR count). The summed E-state index contributed by atoms with van der Waals surface area (Å²) in [5, 5.41) is 3.48. The Labute approximate surface area is 141 Å². The smallest absolute Gasteiger partial charge is 0.0796 e. The van der Waals surface area contributed by atoms with Crippen LogP contribution < -0.4 is 5.32 Å². The summed E-state index contributed by atoms with van der Waals surface area (Å²) in [6.07, 6.45) is 8.83. The molecule has 0 aliphatic carbocycles. The number of nitrogens with zero attached hydrogens (tertiary/aromatic N) is 1. The van der Waals surface area contributed by atoms with Crippen LogP contribution in [0.1, 0.15) is 44.7 Å². The first-order chi connectivity index (χ1) is 11.1. The normalized spacial score (nSPS) is 17.2. The van der Waals surface area contributed by atoms with E-state index in [1.807, 2.05) is 6.21 Å². The summed E-state index contributed by atoms with van der Waals surface area (Å²) < 4.78 is 0. The Hall–Kier alpha value is -1.83. The van der Waals surface area contributed by atoms with Crippen molar-refractivity contribution in [1.29, 1.82) is 0 Å². The van der Waals surface area contributed by atoms with Crippen molar-refractivity contribution in [2.45, 2.75) is 52.5 Å². The molecule has 0 saturated heterocycles. The van der Waals surface area contributed by atoms with Gasteiger partial charge in [0.05, 0.1) is 12.6 Å². The van der Waals surface area contributed by atoms with Gasteiger partial charge in [-0.25, -0.2) is 0 Å². The highest BCUT2D eigenvalue weighted by Crippen LogP contribution is 2.15. The van der Waals surface area contributed by atoms with Gasteiger partial charge in [-0.1, -0.05) is 64.1 Å². The first kappa shape index (κ1) is 17.5. The fourth-order valence-corrected chi connectivity index (χ4v) is 2.79. The van der Waals surface area contributed by atoms with Crippen molar-refractivity contribution in [2.75, 3.05) is 6.54 Å². The number of hydrogen-bond acceptors (Lipinski definition) is 2. The van der Waals surface area contributed by atoms with Crippen molar-refractivity contribution in [1.82, 2.24) is 5.32 Å². The third-order valence-corrected chi connectivity index (χ3v) is 4.31. The monoisotopic (exact) mass is 310 g/mol. The van der Waals surface area contributed by atoms with E-state index in [0.29, 0.717) is 5.92 Å². The minimum Gasteiger partial charge on any atom is -0.377 e. The summed E-state index contributed by atoms with van der Waals surface area (Å²) in [6.45, 7) is 11.7. The predicted molar refractivity (Wildman–Crippen MR) is 101 cm³/mol. The van der Waals surface area contributed by atoms with Crippen molar-refractivity contribution in [3.8, 4) is 0 Å². The van der Waals surface area contributed by atoms with E-state index in [1.54, 1.807) is 0 Å². The molecule has 124 valence electrons. The molecule has 0 radical (unpaired) electrons.